The minimum absolute atomic E-state index is 0.118. The van der Waals surface area contributed by atoms with E-state index in [4.69, 9.17) is 4.42 Å². The summed E-state index contributed by atoms with van der Waals surface area (Å²) in [5.41, 5.74) is 2.79. The molecule has 0 fully saturated rings. The van der Waals surface area contributed by atoms with Crippen LogP contribution in [0.2, 0.25) is 0 Å². The first-order valence-corrected chi connectivity index (χ1v) is 6.71. The van der Waals surface area contributed by atoms with Crippen LogP contribution in [0.4, 0.5) is 4.39 Å². The fourth-order valence-electron chi connectivity index (χ4n) is 2.10. The molecule has 2 aromatic rings. The Kier molecular flexibility index (Phi) is 4.74. The Bertz CT molecular complexity index is 507. The zero-order chi connectivity index (χ0) is 13.7. The molecule has 2 rings (SSSR count). The summed E-state index contributed by atoms with van der Waals surface area (Å²) in [7, 11) is 0. The highest BCUT2D eigenvalue weighted by Gasteiger charge is 2.13. The Morgan fingerprint density at radius 3 is 2.79 bits per heavy atom. The summed E-state index contributed by atoms with van der Waals surface area (Å²) in [6, 6.07) is 7.52. The van der Waals surface area contributed by atoms with Crippen LogP contribution in [0.3, 0.4) is 0 Å². The summed E-state index contributed by atoms with van der Waals surface area (Å²) in [6.45, 7) is 4.82. The van der Waals surface area contributed by atoms with Crippen molar-refractivity contribution in [2.24, 2.45) is 0 Å². The van der Waals surface area contributed by atoms with Crippen LogP contribution in [0.25, 0.3) is 0 Å². The first-order valence-electron chi connectivity index (χ1n) is 6.71. The SMILES string of the molecule is CCCNC(Cc1ccoc1)c1ccc(C)c(F)c1. The number of aryl methyl sites for hydroxylation is 1. The van der Waals surface area contributed by atoms with Gasteiger partial charge in [0.05, 0.1) is 12.5 Å². The minimum atomic E-state index is -0.145. The molecule has 3 heteroatoms. The second-order valence-electron chi connectivity index (χ2n) is 4.85. The van der Waals surface area contributed by atoms with Gasteiger partial charge in [-0.25, -0.2) is 4.39 Å². The van der Waals surface area contributed by atoms with Crippen LogP contribution in [0, 0.1) is 12.7 Å². The van der Waals surface area contributed by atoms with Crippen LogP contribution in [0.1, 0.15) is 36.1 Å². The molecular weight excluding hydrogens is 241 g/mol. The normalized spacial score (nSPS) is 12.6. The van der Waals surface area contributed by atoms with E-state index in [1.807, 2.05) is 18.2 Å². The van der Waals surface area contributed by atoms with E-state index in [1.165, 1.54) is 0 Å². The Hall–Kier alpha value is -1.61. The first kappa shape index (κ1) is 13.8. The van der Waals surface area contributed by atoms with Crippen LogP contribution < -0.4 is 5.32 Å². The number of hydrogen-bond donors (Lipinski definition) is 1. The number of benzene rings is 1. The van der Waals surface area contributed by atoms with E-state index < -0.39 is 0 Å². The number of nitrogens with one attached hydrogen (secondary N) is 1. The zero-order valence-electron chi connectivity index (χ0n) is 11.4. The molecule has 0 radical (unpaired) electrons. The van der Waals surface area contributed by atoms with Gasteiger partial charge in [-0.05, 0) is 55.1 Å². The van der Waals surface area contributed by atoms with Gasteiger partial charge in [0.2, 0.25) is 0 Å². The number of rotatable bonds is 6. The number of halogens is 1. The molecule has 1 heterocycles. The molecule has 1 aromatic heterocycles. The van der Waals surface area contributed by atoms with Gasteiger partial charge in [-0.3, -0.25) is 0 Å². The molecule has 19 heavy (non-hydrogen) atoms. The lowest BCUT2D eigenvalue weighted by molar-refractivity contribution is 0.516. The van der Waals surface area contributed by atoms with Crippen molar-refractivity contribution in [1.29, 1.82) is 0 Å². The average molecular weight is 261 g/mol. The van der Waals surface area contributed by atoms with Gasteiger partial charge in [0.25, 0.3) is 0 Å². The van der Waals surface area contributed by atoms with Crippen molar-refractivity contribution in [3.63, 3.8) is 0 Å². The monoisotopic (exact) mass is 261 g/mol. The third kappa shape index (κ3) is 3.67. The van der Waals surface area contributed by atoms with Gasteiger partial charge in [-0.15, -0.1) is 0 Å². The molecule has 2 nitrogen and oxygen atoms in total. The smallest absolute Gasteiger partial charge is 0.126 e. The average Bonchev–Trinajstić information content (AvgIpc) is 2.91. The maximum atomic E-state index is 13.7. The second-order valence-corrected chi connectivity index (χ2v) is 4.85. The van der Waals surface area contributed by atoms with E-state index in [-0.39, 0.29) is 11.9 Å². The Morgan fingerprint density at radius 2 is 2.16 bits per heavy atom. The van der Waals surface area contributed by atoms with Crippen LogP contribution >= 0.6 is 0 Å². The lowest BCUT2D eigenvalue weighted by Crippen LogP contribution is -2.24. The first-order chi connectivity index (χ1) is 9.20. The van der Waals surface area contributed by atoms with Crippen molar-refractivity contribution in [1.82, 2.24) is 5.32 Å². The second kappa shape index (κ2) is 6.53. The minimum Gasteiger partial charge on any atom is -0.472 e. The highest BCUT2D eigenvalue weighted by atomic mass is 19.1. The van der Waals surface area contributed by atoms with Gasteiger partial charge in [0.1, 0.15) is 5.82 Å². The summed E-state index contributed by atoms with van der Waals surface area (Å²) >= 11 is 0. The molecule has 1 aromatic carbocycles. The van der Waals surface area contributed by atoms with E-state index in [9.17, 15) is 4.39 Å². The topological polar surface area (TPSA) is 25.2 Å². The van der Waals surface area contributed by atoms with Gasteiger partial charge >= 0.3 is 0 Å². The third-order valence-electron chi connectivity index (χ3n) is 3.26. The molecule has 0 amide bonds. The molecule has 0 spiro atoms. The van der Waals surface area contributed by atoms with Crippen LogP contribution in [0.15, 0.2) is 41.2 Å². The van der Waals surface area contributed by atoms with E-state index in [2.05, 4.69) is 12.2 Å². The summed E-state index contributed by atoms with van der Waals surface area (Å²) < 4.78 is 18.8. The van der Waals surface area contributed by atoms with E-state index >= 15 is 0 Å². The molecule has 0 saturated carbocycles. The summed E-state index contributed by atoms with van der Waals surface area (Å²) in [6.07, 6.45) is 5.27. The van der Waals surface area contributed by atoms with E-state index in [0.717, 1.165) is 30.5 Å². The van der Waals surface area contributed by atoms with E-state index in [1.54, 1.807) is 25.5 Å². The van der Waals surface area contributed by atoms with Gasteiger partial charge in [0.15, 0.2) is 0 Å². The number of furan rings is 1. The fraction of sp³-hybridized carbons (Fsp3) is 0.375. The highest BCUT2D eigenvalue weighted by Crippen LogP contribution is 2.21. The molecule has 0 aliphatic heterocycles. The van der Waals surface area contributed by atoms with Crippen LogP contribution in [0.5, 0.6) is 0 Å². The van der Waals surface area contributed by atoms with Gasteiger partial charge in [0, 0.05) is 6.04 Å². The molecule has 1 N–H and O–H groups in total. The Balaban J connectivity index is 2.18. The van der Waals surface area contributed by atoms with Gasteiger partial charge < -0.3 is 9.73 Å². The molecule has 102 valence electrons. The Labute approximate surface area is 113 Å². The predicted octanol–water partition coefficient (Wildman–Crippen LogP) is 4.01. The summed E-state index contributed by atoms with van der Waals surface area (Å²) in [5, 5.41) is 3.46. The van der Waals surface area contributed by atoms with Crippen molar-refractivity contribution in [2.45, 2.75) is 32.7 Å². The third-order valence-corrected chi connectivity index (χ3v) is 3.26. The summed E-state index contributed by atoms with van der Waals surface area (Å²) in [5.74, 6) is -0.145. The largest absolute Gasteiger partial charge is 0.472 e. The van der Waals surface area contributed by atoms with Gasteiger partial charge in [-0.1, -0.05) is 19.1 Å². The molecule has 1 unspecified atom stereocenters. The molecule has 0 bridgehead atoms. The predicted molar refractivity (Wildman–Crippen MR) is 74.6 cm³/mol. The fourth-order valence-corrected chi connectivity index (χ4v) is 2.10. The van der Waals surface area contributed by atoms with Crippen molar-refractivity contribution in [3.8, 4) is 0 Å². The molecule has 0 aliphatic rings. The van der Waals surface area contributed by atoms with Crippen molar-refractivity contribution in [2.75, 3.05) is 6.54 Å². The summed E-state index contributed by atoms with van der Waals surface area (Å²) in [4.78, 5) is 0. The lowest BCUT2D eigenvalue weighted by Gasteiger charge is -2.19. The molecule has 0 saturated heterocycles. The highest BCUT2D eigenvalue weighted by molar-refractivity contribution is 5.27. The maximum absolute atomic E-state index is 13.7. The standard InChI is InChI=1S/C16H20FNO/c1-3-7-18-16(9-13-6-8-19-11-13)14-5-4-12(2)15(17)10-14/h4-6,8,10-11,16,18H,3,7,9H2,1-2H3. The molecule has 0 aliphatic carbocycles. The van der Waals surface area contributed by atoms with Crippen LogP contribution in [-0.2, 0) is 6.42 Å². The maximum Gasteiger partial charge on any atom is 0.126 e. The zero-order valence-corrected chi connectivity index (χ0v) is 11.4. The lowest BCUT2D eigenvalue weighted by atomic mass is 9.99. The van der Waals surface area contributed by atoms with E-state index in [0.29, 0.717) is 5.56 Å². The molecular formula is C16H20FNO. The quantitative estimate of drug-likeness (QED) is 0.850. The molecule has 1 atom stereocenters. The van der Waals surface area contributed by atoms with Crippen LogP contribution in [-0.4, -0.2) is 6.54 Å². The van der Waals surface area contributed by atoms with Crippen molar-refractivity contribution >= 4 is 0 Å². The Morgan fingerprint density at radius 1 is 1.32 bits per heavy atom. The van der Waals surface area contributed by atoms with Gasteiger partial charge in [-0.2, -0.15) is 0 Å². The van der Waals surface area contributed by atoms with Crippen molar-refractivity contribution in [3.05, 3.63) is 59.3 Å². The number of hydrogen-bond acceptors (Lipinski definition) is 2. The van der Waals surface area contributed by atoms with Crippen molar-refractivity contribution < 1.29 is 8.81 Å².